The molecule has 1 unspecified atom stereocenters. The third-order valence-electron chi connectivity index (χ3n) is 16.9. The van der Waals surface area contributed by atoms with Crippen molar-refractivity contribution < 1.29 is 73.5 Å². The summed E-state index contributed by atoms with van der Waals surface area (Å²) in [5, 5.41) is 0. The molecule has 0 aliphatic heterocycles. The predicted octanol–water partition coefficient (Wildman–Crippen LogP) is 20.1. The zero-order chi connectivity index (χ0) is 53.8. The summed E-state index contributed by atoms with van der Waals surface area (Å²) in [4.78, 5) is -3.38. The second-order valence-corrected chi connectivity index (χ2v) is 24.5. The topological polar surface area (TPSA) is 36.9 Å². The maximum atomic E-state index is 15.0. The van der Waals surface area contributed by atoms with Gasteiger partial charge in [0.15, 0.2) is 16.5 Å². The standard InChI is InChI=1S/C56H79F13O4S/c1-3-39(14-10-6-4-8-12-32-70-46-28-20-42(21-29-46)40-16-24-44(25-17-40)55(61,62)72-48-34-50(57)38(2)51(58)35-48)15-11-7-5-9-13-33-71-47-30-22-43(23-31-47)41-18-26-45(27-19-41)56(63,64)73-49-36-52(59)54(53(60)37-49)74(65,66,67,68)69/h3,34-37,39-47H,1,4-33H2,2H3. The van der Waals surface area contributed by atoms with E-state index in [-0.39, 0.29) is 48.7 Å². The summed E-state index contributed by atoms with van der Waals surface area (Å²) in [6, 6.07) is 1.08. The fraction of sp³-hybridized carbons (Fsp3) is 0.750. The molecular weight excluding hydrogens is 1020 g/mol. The average molecular weight is 1100 g/mol. The van der Waals surface area contributed by atoms with E-state index in [4.69, 9.17) is 14.2 Å². The number of rotatable bonds is 28. The number of unbranched alkanes of at least 4 members (excludes halogenated alkanes) is 8. The lowest BCUT2D eigenvalue weighted by Gasteiger charge is -2.40. The van der Waals surface area contributed by atoms with Gasteiger partial charge in [-0.3, -0.25) is 0 Å². The molecule has 0 saturated heterocycles. The molecule has 0 radical (unpaired) electrons. The van der Waals surface area contributed by atoms with Crippen molar-refractivity contribution in [3.8, 4) is 11.5 Å². The average Bonchev–Trinajstić information content (AvgIpc) is 3.33. The van der Waals surface area contributed by atoms with Gasteiger partial charge in [0.1, 0.15) is 23.1 Å². The maximum absolute atomic E-state index is 15.0. The second-order valence-electron chi connectivity index (χ2n) is 22.2. The number of ether oxygens (including phenoxy) is 4. The number of hydrogen-bond donors (Lipinski definition) is 0. The Labute approximate surface area is 430 Å². The van der Waals surface area contributed by atoms with Crippen LogP contribution in [0, 0.1) is 71.6 Å². The molecule has 0 heterocycles. The summed E-state index contributed by atoms with van der Waals surface area (Å²) in [6.07, 6.45) is 19.6. The van der Waals surface area contributed by atoms with Gasteiger partial charge >= 0.3 is 22.4 Å². The van der Waals surface area contributed by atoms with E-state index in [1.54, 1.807) is 0 Å². The summed E-state index contributed by atoms with van der Waals surface area (Å²) < 4.78 is 203. The van der Waals surface area contributed by atoms with Crippen LogP contribution >= 0.6 is 10.2 Å². The Bertz CT molecular complexity index is 2010. The Morgan fingerprint density at radius 2 is 0.797 bits per heavy atom. The van der Waals surface area contributed by atoms with Crippen LogP contribution in [0.4, 0.5) is 54.6 Å². The molecule has 2 aromatic rings. The van der Waals surface area contributed by atoms with E-state index < -0.39 is 73.9 Å². The van der Waals surface area contributed by atoms with Crippen LogP contribution in [0.15, 0.2) is 41.8 Å². The van der Waals surface area contributed by atoms with Crippen LogP contribution in [-0.4, -0.2) is 37.6 Å². The molecule has 18 heteroatoms. The smallest absolute Gasteiger partial charge is 0.400 e. The van der Waals surface area contributed by atoms with E-state index in [0.717, 1.165) is 115 Å². The van der Waals surface area contributed by atoms with E-state index in [2.05, 4.69) is 17.4 Å². The number of allylic oxidation sites excluding steroid dienone is 1. The Morgan fingerprint density at radius 1 is 0.486 bits per heavy atom. The van der Waals surface area contributed by atoms with Crippen molar-refractivity contribution in [2.75, 3.05) is 13.2 Å². The van der Waals surface area contributed by atoms with Crippen LogP contribution < -0.4 is 9.47 Å². The van der Waals surface area contributed by atoms with Gasteiger partial charge in [-0.05, 0) is 165 Å². The van der Waals surface area contributed by atoms with Gasteiger partial charge in [0.2, 0.25) is 0 Å². The predicted molar refractivity (Wildman–Crippen MR) is 263 cm³/mol. The monoisotopic (exact) mass is 1090 g/mol. The van der Waals surface area contributed by atoms with Gasteiger partial charge in [0, 0.05) is 43.0 Å². The molecule has 4 nitrogen and oxygen atoms in total. The number of hydrogen-bond acceptors (Lipinski definition) is 4. The van der Waals surface area contributed by atoms with Crippen LogP contribution in [0.25, 0.3) is 0 Å². The quantitative estimate of drug-likeness (QED) is 0.0483. The molecule has 1 atom stereocenters. The van der Waals surface area contributed by atoms with Gasteiger partial charge in [-0.2, -0.15) is 17.6 Å². The van der Waals surface area contributed by atoms with Gasteiger partial charge in [-0.15, -0.1) is 6.58 Å². The SMILES string of the molecule is C=CC(CCCCCCCOC1CCC(C2CCC(C(F)(F)Oc3cc(F)c(C)c(F)c3)CC2)CC1)CCCCCCCOC1CCC(C2CCC(C(F)(F)Oc3cc(F)c(S(F)(F)(F)(F)F)c(F)c3)CC2)CC1. The van der Waals surface area contributed by atoms with Gasteiger partial charge in [-0.25, -0.2) is 17.6 Å². The summed E-state index contributed by atoms with van der Waals surface area (Å²) in [5.74, 6) is -9.32. The minimum absolute atomic E-state index is 0.0403. The number of alkyl halides is 4. The first kappa shape index (κ1) is 60.4. The van der Waals surface area contributed by atoms with Crippen LogP contribution in [0.1, 0.15) is 185 Å². The lowest BCUT2D eigenvalue weighted by atomic mass is 9.70. The Balaban J connectivity index is 0.714. The molecule has 4 aliphatic rings. The van der Waals surface area contributed by atoms with E-state index in [1.165, 1.54) is 39.0 Å². The first-order valence-electron chi connectivity index (χ1n) is 27.5. The van der Waals surface area contributed by atoms with Crippen LogP contribution in [0.3, 0.4) is 0 Å². The van der Waals surface area contributed by atoms with Crippen molar-refractivity contribution >= 4 is 10.2 Å². The van der Waals surface area contributed by atoms with E-state index >= 15 is 0 Å². The molecule has 0 spiro atoms. The van der Waals surface area contributed by atoms with Gasteiger partial charge in [0.25, 0.3) is 0 Å². The normalized spacial score (nSPS) is 26.7. The van der Waals surface area contributed by atoms with Crippen molar-refractivity contribution in [3.05, 3.63) is 65.8 Å². The highest BCUT2D eigenvalue weighted by molar-refractivity contribution is 8.45. The third kappa shape index (κ3) is 18.1. The van der Waals surface area contributed by atoms with Gasteiger partial charge in [0.05, 0.1) is 24.0 Å². The maximum Gasteiger partial charge on any atom is 0.400 e. The van der Waals surface area contributed by atoms with Crippen molar-refractivity contribution in [1.29, 1.82) is 0 Å². The first-order valence-corrected chi connectivity index (χ1v) is 29.4. The minimum atomic E-state index is -10.7. The molecular formula is C56H79F13O4S. The fourth-order valence-electron chi connectivity index (χ4n) is 12.4. The molecule has 6 rings (SSSR count). The number of benzene rings is 2. The fourth-order valence-corrected chi connectivity index (χ4v) is 13.2. The van der Waals surface area contributed by atoms with Gasteiger partial charge < -0.3 is 18.9 Å². The Hall–Kier alpha value is -2.86. The molecule has 424 valence electrons. The Morgan fingerprint density at radius 3 is 1.14 bits per heavy atom. The molecule has 74 heavy (non-hydrogen) atoms. The van der Waals surface area contributed by atoms with Crippen molar-refractivity contribution in [2.45, 2.75) is 216 Å². The molecule has 0 bridgehead atoms. The molecule has 0 aromatic heterocycles. The van der Waals surface area contributed by atoms with Gasteiger partial charge in [-0.1, -0.05) is 76.9 Å². The second kappa shape index (κ2) is 25.7. The highest BCUT2D eigenvalue weighted by Gasteiger charge is 2.69. The first-order chi connectivity index (χ1) is 34.8. The molecule has 4 saturated carbocycles. The van der Waals surface area contributed by atoms with Crippen molar-refractivity contribution in [3.63, 3.8) is 0 Å². The van der Waals surface area contributed by atoms with Crippen molar-refractivity contribution in [1.82, 2.24) is 0 Å². The lowest BCUT2D eigenvalue weighted by Crippen LogP contribution is -2.38. The molecule has 2 aromatic carbocycles. The number of halogens is 13. The van der Waals surface area contributed by atoms with E-state index in [9.17, 15) is 54.6 Å². The van der Waals surface area contributed by atoms with Crippen LogP contribution in [-0.2, 0) is 9.47 Å². The molecule has 0 amide bonds. The van der Waals surface area contributed by atoms with E-state index in [1.807, 2.05) is 0 Å². The molecule has 0 N–H and O–H groups in total. The highest BCUT2D eigenvalue weighted by Crippen LogP contribution is 3.02. The summed E-state index contributed by atoms with van der Waals surface area (Å²) in [5.41, 5.74) is -0.224. The third-order valence-corrected chi connectivity index (χ3v) is 18.0. The largest absolute Gasteiger partial charge is 0.432 e. The van der Waals surface area contributed by atoms with Crippen LogP contribution in [0.5, 0.6) is 11.5 Å². The lowest BCUT2D eigenvalue weighted by molar-refractivity contribution is -0.225. The zero-order valence-electron chi connectivity index (χ0n) is 43.0. The Kier molecular flexibility index (Phi) is 21.0. The van der Waals surface area contributed by atoms with Crippen LogP contribution in [0.2, 0.25) is 0 Å². The zero-order valence-corrected chi connectivity index (χ0v) is 43.8. The van der Waals surface area contributed by atoms with E-state index in [0.29, 0.717) is 68.8 Å². The highest BCUT2D eigenvalue weighted by atomic mass is 32.5. The summed E-state index contributed by atoms with van der Waals surface area (Å²) >= 11 is 0. The minimum Gasteiger partial charge on any atom is -0.432 e. The molecule has 4 fully saturated rings. The molecule has 4 aliphatic carbocycles. The van der Waals surface area contributed by atoms with Crippen molar-refractivity contribution in [2.24, 2.45) is 41.4 Å². The summed E-state index contributed by atoms with van der Waals surface area (Å²) in [6.45, 7) is 6.81. The summed E-state index contributed by atoms with van der Waals surface area (Å²) in [7, 11) is -10.7.